The van der Waals surface area contributed by atoms with E-state index >= 15 is 0 Å². The van der Waals surface area contributed by atoms with Crippen LogP contribution in [0.25, 0.3) is 0 Å². The van der Waals surface area contributed by atoms with E-state index in [1.807, 2.05) is 13.0 Å². The highest BCUT2D eigenvalue weighted by Crippen LogP contribution is 2.71. The van der Waals surface area contributed by atoms with Crippen LogP contribution in [0.5, 0.6) is 0 Å². The van der Waals surface area contributed by atoms with Gasteiger partial charge in [0.15, 0.2) is 5.78 Å². The third-order valence-corrected chi connectivity index (χ3v) is 22.7. The lowest BCUT2D eigenvalue weighted by atomic mass is 9.43. The third kappa shape index (κ3) is 9.89. The van der Waals surface area contributed by atoms with Crippen LogP contribution >= 0.6 is 7.82 Å². The van der Waals surface area contributed by atoms with Gasteiger partial charge in [0.2, 0.25) is 0 Å². The molecule has 6 fully saturated rings. The molecular formula is C61H86NO10P. The minimum absolute atomic E-state index is 0.0212. The Morgan fingerprint density at radius 1 is 0.959 bits per heavy atom. The lowest BCUT2D eigenvalue weighted by Crippen LogP contribution is -2.62. The van der Waals surface area contributed by atoms with E-state index in [1.165, 1.54) is 29.4 Å². The molecule has 0 saturated heterocycles. The molecule has 8 aliphatic carbocycles. The summed E-state index contributed by atoms with van der Waals surface area (Å²) in [5.41, 5.74) is 4.74. The van der Waals surface area contributed by atoms with E-state index < -0.39 is 31.0 Å². The largest absolute Gasteiger partial charge is 0.475 e. The van der Waals surface area contributed by atoms with Crippen molar-refractivity contribution in [3.63, 3.8) is 0 Å². The number of carbonyl (C=O) groups is 2. The van der Waals surface area contributed by atoms with Crippen LogP contribution in [0.3, 0.4) is 0 Å². The second-order valence-corrected chi connectivity index (χ2v) is 26.1. The molecule has 0 heterocycles. The fourth-order valence-corrected chi connectivity index (χ4v) is 18.7. The molecule has 0 radical (unpaired) electrons. The summed E-state index contributed by atoms with van der Waals surface area (Å²) in [5.74, 6) is 8.24. The number of esters is 1. The number of carbonyl (C=O) groups excluding carboxylic acids is 2. The average molecular weight is 1020 g/mol. The van der Waals surface area contributed by atoms with Gasteiger partial charge in [-0.2, -0.15) is 0 Å². The summed E-state index contributed by atoms with van der Waals surface area (Å²) in [4.78, 5) is 27.1. The number of nitrogens with zero attached hydrogens (tertiary/aromatic N) is 1. The van der Waals surface area contributed by atoms with Gasteiger partial charge >= 0.3 is 13.8 Å². The van der Waals surface area contributed by atoms with Gasteiger partial charge in [0, 0.05) is 43.5 Å². The van der Waals surface area contributed by atoms with Gasteiger partial charge in [0.25, 0.3) is 0 Å². The smallest absolute Gasteiger partial charge is 0.469 e. The monoisotopic (exact) mass is 1020 g/mol. The predicted molar refractivity (Wildman–Crippen MR) is 285 cm³/mol. The van der Waals surface area contributed by atoms with Crippen molar-refractivity contribution in [3.8, 4) is 11.8 Å². The minimum Gasteiger partial charge on any atom is -0.469 e. The van der Waals surface area contributed by atoms with Gasteiger partial charge < -0.3 is 24.6 Å². The molecule has 8 aliphatic rings. The summed E-state index contributed by atoms with van der Waals surface area (Å²) in [5, 5.41) is 24.6. The first kappa shape index (κ1) is 54.5. The Bertz CT molecular complexity index is 2410. The van der Waals surface area contributed by atoms with Crippen molar-refractivity contribution in [2.75, 3.05) is 45.4 Å². The summed E-state index contributed by atoms with van der Waals surface area (Å²) in [6.07, 6.45) is 17.0. The quantitative estimate of drug-likeness (QED) is 0.0628. The number of benzene rings is 1. The Labute approximate surface area is 436 Å². The van der Waals surface area contributed by atoms with Crippen molar-refractivity contribution < 1.29 is 47.4 Å². The fraction of sp³-hybridized carbons (Fsp3) is 0.705. The molecule has 0 aliphatic heterocycles. The molecule has 0 spiro atoms. The van der Waals surface area contributed by atoms with Crippen LogP contribution < -0.4 is 4.90 Å². The molecule has 6 saturated carbocycles. The number of ketones is 1. The highest BCUT2D eigenvalue weighted by Gasteiger charge is 2.67. The molecule has 1 aromatic rings. The number of ether oxygens (including phenoxy) is 2. The number of phosphoric ester groups is 1. The van der Waals surface area contributed by atoms with Crippen molar-refractivity contribution in [1.29, 1.82) is 0 Å². The molecule has 16 atom stereocenters. The summed E-state index contributed by atoms with van der Waals surface area (Å²) < 4.78 is 44.7. The molecule has 9 rings (SSSR count). The number of hydrogen-bond acceptors (Lipinski definition) is 11. The lowest BCUT2D eigenvalue weighted by Gasteiger charge is -2.64. The van der Waals surface area contributed by atoms with Crippen LogP contribution in [-0.4, -0.2) is 86.4 Å². The number of rotatable bonds is 18. The van der Waals surface area contributed by atoms with Crippen LogP contribution in [0.2, 0.25) is 0 Å². The summed E-state index contributed by atoms with van der Waals surface area (Å²) in [7, 11) is -0.464. The van der Waals surface area contributed by atoms with Crippen molar-refractivity contribution in [3.05, 3.63) is 77.9 Å². The van der Waals surface area contributed by atoms with Gasteiger partial charge in [0.1, 0.15) is 5.60 Å². The Hall–Kier alpha value is -3.33. The Balaban J connectivity index is 0.896. The Kier molecular flexibility index (Phi) is 16.1. The van der Waals surface area contributed by atoms with Gasteiger partial charge in [-0.3, -0.25) is 23.2 Å². The first-order chi connectivity index (χ1) is 34.9. The number of aliphatic hydroxyl groups is 2. The standard InChI is InChI=1S/C61H86NO10P/c1-10-27-61(66)29-26-50-47-20-16-41-34-44(63)19-21-46(41)56(47)48(38-59(50,61)6)40-14-17-43(18-15-40)62(8)30-33-69-45-25-28-58(5)42(35-45)36-53(72-73(67,70-31-11-2)71-32-12-3)57-51-23-22-49(39(4)13-24-55(65)68-9)60(51,7)54(64)37-52(57)58/h11-12,14-15,17-18,34,39,42,45,47-54,57,64,66H,2-3,13,16,19-26,28-33,35-38H2,1,4-9H3/t39-,42+,45+,47?,48-,49-,50?,51+,52+,53-,54+,57+,58+,59+,60-,61+/m1/s1. The van der Waals surface area contributed by atoms with Gasteiger partial charge in [-0.25, -0.2) is 4.57 Å². The zero-order valence-electron chi connectivity index (χ0n) is 45.1. The molecule has 1 aromatic carbocycles. The van der Waals surface area contributed by atoms with Crippen molar-refractivity contribution in [1.82, 2.24) is 0 Å². The zero-order valence-corrected chi connectivity index (χ0v) is 46.0. The number of likely N-dealkylation sites (N-methyl/N-ethyl adjacent to an activating group) is 1. The first-order valence-electron chi connectivity index (χ1n) is 28.0. The number of aliphatic hydroxyl groups excluding tert-OH is 1. The van der Waals surface area contributed by atoms with Gasteiger partial charge in [0.05, 0.1) is 45.2 Å². The van der Waals surface area contributed by atoms with Gasteiger partial charge in [-0.1, -0.05) is 63.5 Å². The van der Waals surface area contributed by atoms with E-state index in [1.54, 1.807) is 12.2 Å². The summed E-state index contributed by atoms with van der Waals surface area (Å²) in [6, 6.07) is 9.06. The summed E-state index contributed by atoms with van der Waals surface area (Å²) in [6.45, 7) is 20.0. The maximum absolute atomic E-state index is 14.5. The molecule has 2 unspecified atom stereocenters. The second-order valence-electron chi connectivity index (χ2n) is 24.4. The zero-order chi connectivity index (χ0) is 52.1. The van der Waals surface area contributed by atoms with E-state index in [9.17, 15) is 24.4 Å². The Morgan fingerprint density at radius 3 is 2.40 bits per heavy atom. The van der Waals surface area contributed by atoms with E-state index in [0.717, 1.165) is 76.4 Å². The number of allylic oxidation sites excluding steroid dienone is 4. The molecule has 2 N–H and O–H groups in total. The number of fused-ring (bicyclic) bond motifs is 9. The second kappa shape index (κ2) is 21.6. The molecule has 73 heavy (non-hydrogen) atoms. The summed E-state index contributed by atoms with van der Waals surface area (Å²) >= 11 is 0. The average Bonchev–Trinajstić information content (AvgIpc) is 3.87. The topological polar surface area (TPSA) is 141 Å². The first-order valence-corrected chi connectivity index (χ1v) is 29.4. The number of methoxy groups -OCH3 is 1. The SMILES string of the molecule is C=CCOP(=O)(OCC=C)O[C@@H]1C[C@@H]2C[C@@H](OCCN(C)c3ccc([C@H]4C[C@@]5(C)C(CC[C@@]5(O)C#CC)C5CCC6=CC(=O)CCC6=C54)cc3)CC[C@]2(C)[C@H]2C[C@H](O)[C@]3(C)[C@@H]([C@H](C)CCC(=O)OC)CC[C@H]3[C@H]12. The van der Waals surface area contributed by atoms with Crippen molar-refractivity contribution in [2.45, 2.75) is 167 Å². The third-order valence-electron chi connectivity index (χ3n) is 21.2. The highest BCUT2D eigenvalue weighted by molar-refractivity contribution is 7.48. The molecular weight excluding hydrogens is 938 g/mol. The van der Waals surface area contributed by atoms with E-state index in [2.05, 4.69) is 88.9 Å². The van der Waals surface area contributed by atoms with Crippen LogP contribution in [-0.2, 0) is 37.2 Å². The van der Waals surface area contributed by atoms with Crippen LogP contribution in [0.15, 0.2) is 72.4 Å². The molecule has 11 nitrogen and oxygen atoms in total. The Morgan fingerprint density at radius 2 is 1.70 bits per heavy atom. The maximum atomic E-state index is 14.5. The highest BCUT2D eigenvalue weighted by atomic mass is 31.2. The lowest BCUT2D eigenvalue weighted by molar-refractivity contribution is -0.207. The van der Waals surface area contributed by atoms with Crippen LogP contribution in [0.4, 0.5) is 5.69 Å². The fourth-order valence-electron chi connectivity index (χ4n) is 17.4. The van der Waals surface area contributed by atoms with E-state index in [0.29, 0.717) is 57.0 Å². The maximum Gasteiger partial charge on any atom is 0.475 e. The number of hydrogen-bond donors (Lipinski definition) is 2. The normalized spacial score (nSPS) is 39.0. The molecule has 12 heteroatoms. The minimum atomic E-state index is -4.03. The van der Waals surface area contributed by atoms with Crippen molar-refractivity contribution in [2.24, 2.45) is 63.6 Å². The molecule has 400 valence electrons. The molecule has 0 amide bonds. The van der Waals surface area contributed by atoms with Gasteiger partial charge in [-0.05, 0) is 190 Å². The van der Waals surface area contributed by atoms with Crippen LogP contribution in [0, 0.1) is 75.4 Å². The van der Waals surface area contributed by atoms with E-state index in [4.69, 9.17) is 23.0 Å². The molecule has 0 bridgehead atoms. The van der Waals surface area contributed by atoms with E-state index in [-0.39, 0.29) is 83.3 Å². The number of phosphoric acid groups is 1. The molecule has 0 aromatic heterocycles. The predicted octanol–water partition coefficient (Wildman–Crippen LogP) is 11.9. The van der Waals surface area contributed by atoms with Crippen LogP contribution in [0.1, 0.15) is 149 Å². The van der Waals surface area contributed by atoms with Gasteiger partial charge in [-0.15, -0.1) is 19.1 Å². The van der Waals surface area contributed by atoms with Crippen molar-refractivity contribution >= 4 is 25.3 Å². The number of anilines is 1.